The van der Waals surface area contributed by atoms with E-state index in [4.69, 9.17) is 0 Å². The van der Waals surface area contributed by atoms with Crippen LogP contribution in [0.3, 0.4) is 0 Å². The molecule has 0 radical (unpaired) electrons. The Bertz CT molecular complexity index is 424. The first-order valence-corrected chi connectivity index (χ1v) is 6.22. The zero-order chi connectivity index (χ0) is 12.7. The molecule has 0 aliphatic heterocycles. The van der Waals surface area contributed by atoms with Crippen LogP contribution < -0.4 is 0 Å². The van der Waals surface area contributed by atoms with E-state index in [1.165, 1.54) is 16.7 Å². The molecular weight excluding hydrogens is 204 g/mol. The van der Waals surface area contributed by atoms with Gasteiger partial charge in [-0.15, -0.1) is 0 Å². The molecular formula is C17H22. The van der Waals surface area contributed by atoms with E-state index in [1.807, 2.05) is 6.07 Å². The monoisotopic (exact) mass is 226 g/mol. The second-order valence-electron chi connectivity index (χ2n) is 4.91. The van der Waals surface area contributed by atoms with Gasteiger partial charge < -0.3 is 0 Å². The van der Waals surface area contributed by atoms with E-state index < -0.39 is 0 Å². The highest BCUT2D eigenvalue weighted by Gasteiger charge is 1.97. The topological polar surface area (TPSA) is 0 Å². The van der Waals surface area contributed by atoms with Crippen molar-refractivity contribution >= 4 is 0 Å². The lowest BCUT2D eigenvalue weighted by Gasteiger charge is -2.04. The maximum Gasteiger partial charge on any atom is -0.0155 e. The van der Waals surface area contributed by atoms with E-state index in [1.54, 1.807) is 0 Å². The Morgan fingerprint density at radius 3 is 1.71 bits per heavy atom. The minimum atomic E-state index is 0.833. The Morgan fingerprint density at radius 2 is 1.18 bits per heavy atom. The fraction of sp³-hybridized carbons (Fsp3) is 0.294. The number of aryl methyl sites for hydroxylation is 1. The minimum absolute atomic E-state index is 0.833. The molecule has 0 aromatic heterocycles. The molecule has 0 unspecified atom stereocenters. The fourth-order valence-corrected chi connectivity index (χ4v) is 1.51. The van der Waals surface area contributed by atoms with Gasteiger partial charge in [0.05, 0.1) is 0 Å². The van der Waals surface area contributed by atoms with Gasteiger partial charge >= 0.3 is 0 Å². The molecule has 0 fully saturated rings. The molecule has 0 bridgehead atoms. The van der Waals surface area contributed by atoms with Crippen molar-refractivity contribution in [1.29, 1.82) is 0 Å². The molecule has 0 nitrogen and oxygen atoms in total. The Labute approximate surface area is 105 Å². The first kappa shape index (κ1) is 13.5. The van der Waals surface area contributed by atoms with Crippen LogP contribution in [0.4, 0.5) is 0 Å². The average molecular weight is 226 g/mol. The Balaban J connectivity index is 0.000000317. The maximum atomic E-state index is 2.17. The molecule has 0 aliphatic carbocycles. The van der Waals surface area contributed by atoms with Gasteiger partial charge in [-0.05, 0) is 29.5 Å². The van der Waals surface area contributed by atoms with Gasteiger partial charge in [0, 0.05) is 0 Å². The van der Waals surface area contributed by atoms with Gasteiger partial charge in [-0.2, -0.15) is 0 Å². The van der Waals surface area contributed by atoms with Crippen LogP contribution >= 0.6 is 0 Å². The van der Waals surface area contributed by atoms with E-state index >= 15 is 0 Å². The normalized spacial score (nSPS) is 9.71. The average Bonchev–Trinajstić information content (AvgIpc) is 2.30. The first-order valence-electron chi connectivity index (χ1n) is 6.22. The van der Waals surface area contributed by atoms with Gasteiger partial charge in [-0.1, -0.05) is 75.4 Å². The Kier molecular flexibility index (Phi) is 5.48. The van der Waals surface area contributed by atoms with Crippen LogP contribution in [-0.2, 0) is 0 Å². The third kappa shape index (κ3) is 4.86. The van der Waals surface area contributed by atoms with Crippen LogP contribution in [-0.4, -0.2) is 0 Å². The summed E-state index contributed by atoms with van der Waals surface area (Å²) in [6.07, 6.45) is 0. The molecule has 2 rings (SSSR count). The summed E-state index contributed by atoms with van der Waals surface area (Å²) >= 11 is 0. The summed E-state index contributed by atoms with van der Waals surface area (Å²) in [5.74, 6) is 0.833. The molecule has 17 heavy (non-hydrogen) atoms. The predicted molar refractivity (Wildman–Crippen MR) is 77.1 cm³/mol. The fourth-order valence-electron chi connectivity index (χ4n) is 1.51. The lowest BCUT2D eigenvalue weighted by molar-refractivity contribution is 0.737. The van der Waals surface area contributed by atoms with Crippen LogP contribution in [0, 0.1) is 12.8 Å². The van der Waals surface area contributed by atoms with Crippen molar-refractivity contribution in [2.75, 3.05) is 0 Å². The van der Waals surface area contributed by atoms with Crippen molar-refractivity contribution in [3.8, 4) is 11.1 Å². The van der Waals surface area contributed by atoms with Gasteiger partial charge in [0.25, 0.3) is 0 Å². The molecule has 0 heterocycles. The second kappa shape index (κ2) is 6.90. The zero-order valence-corrected chi connectivity index (χ0v) is 11.3. The van der Waals surface area contributed by atoms with E-state index in [0.29, 0.717) is 0 Å². The molecule has 0 heteroatoms. The van der Waals surface area contributed by atoms with Gasteiger partial charge in [0.2, 0.25) is 0 Å². The van der Waals surface area contributed by atoms with Crippen molar-refractivity contribution in [3.63, 3.8) is 0 Å². The summed E-state index contributed by atoms with van der Waals surface area (Å²) in [7, 11) is 0. The molecule has 2 aromatic rings. The minimum Gasteiger partial charge on any atom is -0.0630 e. The van der Waals surface area contributed by atoms with Crippen LogP contribution in [0.15, 0.2) is 54.6 Å². The SMILES string of the molecule is CC(C)C.Cc1ccccc1-c1ccccc1. The van der Waals surface area contributed by atoms with Gasteiger partial charge in [0.15, 0.2) is 0 Å². The summed E-state index contributed by atoms with van der Waals surface area (Å²) in [6.45, 7) is 8.64. The molecule has 0 N–H and O–H groups in total. The molecule has 0 atom stereocenters. The highest BCUT2D eigenvalue weighted by Crippen LogP contribution is 2.21. The maximum absolute atomic E-state index is 2.17. The van der Waals surface area contributed by atoms with E-state index in [-0.39, 0.29) is 0 Å². The second-order valence-corrected chi connectivity index (χ2v) is 4.91. The summed E-state index contributed by atoms with van der Waals surface area (Å²) in [5.41, 5.74) is 3.94. The van der Waals surface area contributed by atoms with E-state index in [0.717, 1.165) is 5.92 Å². The molecule has 90 valence electrons. The van der Waals surface area contributed by atoms with Crippen molar-refractivity contribution in [1.82, 2.24) is 0 Å². The molecule has 0 aliphatic rings. The van der Waals surface area contributed by atoms with Crippen LogP contribution in [0.5, 0.6) is 0 Å². The van der Waals surface area contributed by atoms with Gasteiger partial charge in [-0.3, -0.25) is 0 Å². The summed E-state index contributed by atoms with van der Waals surface area (Å²) in [5, 5.41) is 0. The zero-order valence-electron chi connectivity index (χ0n) is 11.3. The third-order valence-corrected chi connectivity index (χ3v) is 2.23. The molecule has 0 saturated carbocycles. The summed E-state index contributed by atoms with van der Waals surface area (Å²) < 4.78 is 0. The van der Waals surface area contributed by atoms with Crippen molar-refractivity contribution in [2.45, 2.75) is 27.7 Å². The van der Waals surface area contributed by atoms with Crippen molar-refractivity contribution in [2.24, 2.45) is 5.92 Å². The van der Waals surface area contributed by atoms with Crippen LogP contribution in [0.1, 0.15) is 26.3 Å². The molecule has 0 spiro atoms. The lowest BCUT2D eigenvalue weighted by Crippen LogP contribution is -1.80. The standard InChI is InChI=1S/C13H12.C4H10/c1-11-7-5-6-10-13(11)12-8-3-2-4-9-12;1-4(2)3/h2-10H,1H3;4H,1-3H3. The Morgan fingerprint density at radius 1 is 0.706 bits per heavy atom. The van der Waals surface area contributed by atoms with Gasteiger partial charge in [-0.25, -0.2) is 0 Å². The lowest BCUT2D eigenvalue weighted by atomic mass is 10.0. The van der Waals surface area contributed by atoms with Crippen molar-refractivity contribution in [3.05, 3.63) is 60.2 Å². The van der Waals surface area contributed by atoms with Crippen LogP contribution in [0.25, 0.3) is 11.1 Å². The molecule has 0 amide bonds. The predicted octanol–water partition coefficient (Wildman–Crippen LogP) is 5.32. The summed E-state index contributed by atoms with van der Waals surface area (Å²) in [4.78, 5) is 0. The summed E-state index contributed by atoms with van der Waals surface area (Å²) in [6, 6.07) is 18.9. The van der Waals surface area contributed by atoms with Crippen molar-refractivity contribution < 1.29 is 0 Å². The largest absolute Gasteiger partial charge is 0.0630 e. The van der Waals surface area contributed by atoms with Crippen LogP contribution in [0.2, 0.25) is 0 Å². The smallest absolute Gasteiger partial charge is 0.0155 e. The number of hydrogen-bond donors (Lipinski definition) is 0. The highest BCUT2D eigenvalue weighted by atomic mass is 14.0. The molecule has 0 saturated heterocycles. The number of hydrogen-bond acceptors (Lipinski definition) is 0. The van der Waals surface area contributed by atoms with E-state index in [2.05, 4.69) is 76.2 Å². The van der Waals surface area contributed by atoms with E-state index in [9.17, 15) is 0 Å². The van der Waals surface area contributed by atoms with Gasteiger partial charge in [0.1, 0.15) is 0 Å². The Hall–Kier alpha value is -1.56. The number of benzene rings is 2. The first-order chi connectivity index (χ1) is 8.11. The quantitative estimate of drug-likeness (QED) is 0.617. The highest BCUT2D eigenvalue weighted by molar-refractivity contribution is 5.66. The number of rotatable bonds is 1. The molecule has 2 aromatic carbocycles. The third-order valence-electron chi connectivity index (χ3n) is 2.23.